The van der Waals surface area contributed by atoms with E-state index in [1.54, 1.807) is 0 Å². The highest BCUT2D eigenvalue weighted by molar-refractivity contribution is 8.00. The lowest BCUT2D eigenvalue weighted by Gasteiger charge is -2.43. The summed E-state index contributed by atoms with van der Waals surface area (Å²) < 4.78 is 0. The fourth-order valence-electron chi connectivity index (χ4n) is 2.35. The fraction of sp³-hybridized carbons (Fsp3) is 1.00. The monoisotopic (exact) mass is 230 g/mol. The zero-order chi connectivity index (χ0) is 11.4. The van der Waals surface area contributed by atoms with E-state index in [-0.39, 0.29) is 0 Å². The van der Waals surface area contributed by atoms with Crippen LogP contribution >= 0.6 is 11.8 Å². The minimum Gasteiger partial charge on any atom is -0.319 e. The van der Waals surface area contributed by atoms with Gasteiger partial charge in [0.25, 0.3) is 0 Å². The zero-order valence-corrected chi connectivity index (χ0v) is 11.6. The molecule has 1 rings (SSSR count). The third-order valence-electron chi connectivity index (χ3n) is 3.81. The molecule has 0 aromatic carbocycles. The first-order chi connectivity index (χ1) is 7.07. The van der Waals surface area contributed by atoms with Gasteiger partial charge in [0.15, 0.2) is 0 Å². The van der Waals surface area contributed by atoms with E-state index in [0.717, 1.165) is 23.8 Å². The van der Waals surface area contributed by atoms with E-state index >= 15 is 0 Å². The molecule has 0 amide bonds. The molecule has 0 saturated carbocycles. The summed E-state index contributed by atoms with van der Waals surface area (Å²) in [4.78, 5) is 2.68. The molecule has 0 aromatic heterocycles. The van der Waals surface area contributed by atoms with Crippen molar-refractivity contribution in [1.82, 2.24) is 10.2 Å². The second-order valence-corrected chi connectivity index (χ2v) is 6.32. The van der Waals surface area contributed by atoms with Crippen molar-refractivity contribution in [3.8, 4) is 0 Å². The van der Waals surface area contributed by atoms with Crippen LogP contribution in [0.25, 0.3) is 0 Å². The second-order valence-electron chi connectivity index (χ2n) is 4.83. The summed E-state index contributed by atoms with van der Waals surface area (Å²) in [6.45, 7) is 11.8. The molecule has 2 nitrogen and oxygen atoms in total. The summed E-state index contributed by atoms with van der Waals surface area (Å²) in [6, 6.07) is 1.41. The first kappa shape index (κ1) is 13.3. The van der Waals surface area contributed by atoms with E-state index in [0.29, 0.717) is 6.04 Å². The van der Waals surface area contributed by atoms with Crippen LogP contribution in [0.5, 0.6) is 0 Å². The molecule has 0 aliphatic carbocycles. The van der Waals surface area contributed by atoms with Gasteiger partial charge in [0.1, 0.15) is 0 Å². The van der Waals surface area contributed by atoms with Gasteiger partial charge in [0.2, 0.25) is 0 Å². The summed E-state index contributed by atoms with van der Waals surface area (Å²) in [7, 11) is 2.04. The molecule has 1 aliphatic heterocycles. The molecular weight excluding hydrogens is 204 g/mol. The molecule has 0 aromatic rings. The normalized spacial score (nSPS) is 32.6. The highest BCUT2D eigenvalue weighted by atomic mass is 32.2. The van der Waals surface area contributed by atoms with Crippen LogP contribution in [-0.2, 0) is 0 Å². The first-order valence-corrected chi connectivity index (χ1v) is 7.14. The molecule has 3 heteroatoms. The quantitative estimate of drug-likeness (QED) is 0.796. The number of thioether (sulfide) groups is 1. The molecule has 0 bridgehead atoms. The number of nitrogens with zero attached hydrogens (tertiary/aromatic N) is 1. The Morgan fingerprint density at radius 1 is 1.40 bits per heavy atom. The van der Waals surface area contributed by atoms with Gasteiger partial charge in [-0.2, -0.15) is 11.8 Å². The van der Waals surface area contributed by atoms with Crippen LogP contribution in [0.2, 0.25) is 0 Å². The lowest BCUT2D eigenvalue weighted by atomic mass is 9.99. The second kappa shape index (κ2) is 6.12. The lowest BCUT2D eigenvalue weighted by Crippen LogP contribution is -2.52. The number of rotatable bonds is 4. The minimum absolute atomic E-state index is 0.691. The van der Waals surface area contributed by atoms with Gasteiger partial charge in [0.05, 0.1) is 0 Å². The van der Waals surface area contributed by atoms with E-state index in [9.17, 15) is 0 Å². The van der Waals surface area contributed by atoms with Crippen molar-refractivity contribution in [3.63, 3.8) is 0 Å². The smallest absolute Gasteiger partial charge is 0.0187 e. The molecule has 1 heterocycles. The molecule has 1 saturated heterocycles. The van der Waals surface area contributed by atoms with E-state index in [2.05, 4.69) is 49.7 Å². The fourth-order valence-corrected chi connectivity index (χ4v) is 3.47. The van der Waals surface area contributed by atoms with E-state index in [1.807, 2.05) is 7.05 Å². The van der Waals surface area contributed by atoms with Crippen molar-refractivity contribution in [2.75, 3.05) is 25.9 Å². The molecule has 4 atom stereocenters. The van der Waals surface area contributed by atoms with Crippen LogP contribution in [0.3, 0.4) is 0 Å². The minimum atomic E-state index is 0.691. The highest BCUT2D eigenvalue weighted by Crippen LogP contribution is 2.27. The van der Waals surface area contributed by atoms with Crippen LogP contribution in [0.1, 0.15) is 27.7 Å². The van der Waals surface area contributed by atoms with Gasteiger partial charge in [0, 0.05) is 29.6 Å². The van der Waals surface area contributed by atoms with Crippen LogP contribution in [0.15, 0.2) is 0 Å². The van der Waals surface area contributed by atoms with Gasteiger partial charge >= 0.3 is 0 Å². The van der Waals surface area contributed by atoms with E-state index in [1.165, 1.54) is 12.3 Å². The van der Waals surface area contributed by atoms with Gasteiger partial charge < -0.3 is 5.32 Å². The Morgan fingerprint density at radius 2 is 2.07 bits per heavy atom. The van der Waals surface area contributed by atoms with Crippen LogP contribution in [-0.4, -0.2) is 48.1 Å². The number of nitrogens with one attached hydrogen (secondary N) is 1. The van der Waals surface area contributed by atoms with Gasteiger partial charge in [-0.1, -0.05) is 13.8 Å². The third kappa shape index (κ3) is 3.36. The molecule has 0 spiro atoms. The molecule has 15 heavy (non-hydrogen) atoms. The first-order valence-electron chi connectivity index (χ1n) is 6.09. The van der Waals surface area contributed by atoms with Gasteiger partial charge in [-0.3, -0.25) is 4.90 Å². The summed E-state index contributed by atoms with van der Waals surface area (Å²) in [5.41, 5.74) is 0. The van der Waals surface area contributed by atoms with Gasteiger partial charge in [-0.15, -0.1) is 0 Å². The Hall–Kier alpha value is 0.270. The van der Waals surface area contributed by atoms with Crippen molar-refractivity contribution < 1.29 is 0 Å². The maximum atomic E-state index is 3.28. The van der Waals surface area contributed by atoms with Crippen molar-refractivity contribution in [2.24, 2.45) is 5.92 Å². The van der Waals surface area contributed by atoms with E-state index in [4.69, 9.17) is 0 Å². The predicted molar refractivity (Wildman–Crippen MR) is 70.6 cm³/mol. The largest absolute Gasteiger partial charge is 0.319 e. The molecule has 1 fully saturated rings. The third-order valence-corrected chi connectivity index (χ3v) is 5.14. The van der Waals surface area contributed by atoms with Crippen molar-refractivity contribution in [2.45, 2.75) is 45.0 Å². The zero-order valence-electron chi connectivity index (χ0n) is 10.8. The standard InChI is InChI=1S/C12H26N2S/c1-9(8-13-5)10(2)14-6-7-15-12(4)11(14)3/h9-13H,6-8H2,1-5H3. The Kier molecular flexibility index (Phi) is 5.44. The van der Waals surface area contributed by atoms with Crippen LogP contribution in [0, 0.1) is 5.92 Å². The molecule has 1 aliphatic rings. The van der Waals surface area contributed by atoms with Crippen molar-refractivity contribution >= 4 is 11.8 Å². The molecule has 4 unspecified atom stereocenters. The topological polar surface area (TPSA) is 15.3 Å². The summed E-state index contributed by atoms with van der Waals surface area (Å²) >= 11 is 2.12. The molecule has 1 N–H and O–H groups in total. The van der Waals surface area contributed by atoms with Crippen LogP contribution in [0.4, 0.5) is 0 Å². The average Bonchev–Trinajstić information content (AvgIpc) is 2.21. The molecular formula is C12H26N2S. The van der Waals surface area contributed by atoms with Crippen molar-refractivity contribution in [1.29, 1.82) is 0 Å². The number of hydrogen-bond acceptors (Lipinski definition) is 3. The Balaban J connectivity index is 2.53. The molecule has 90 valence electrons. The van der Waals surface area contributed by atoms with Gasteiger partial charge in [-0.05, 0) is 33.4 Å². The van der Waals surface area contributed by atoms with Crippen molar-refractivity contribution in [3.05, 3.63) is 0 Å². The average molecular weight is 230 g/mol. The summed E-state index contributed by atoms with van der Waals surface area (Å²) in [5, 5.41) is 4.06. The predicted octanol–water partition coefficient (Wildman–Crippen LogP) is 2.06. The Bertz CT molecular complexity index is 186. The van der Waals surface area contributed by atoms with E-state index < -0.39 is 0 Å². The van der Waals surface area contributed by atoms with Gasteiger partial charge in [-0.25, -0.2) is 0 Å². The highest BCUT2D eigenvalue weighted by Gasteiger charge is 2.30. The lowest BCUT2D eigenvalue weighted by molar-refractivity contribution is 0.119. The number of hydrogen-bond donors (Lipinski definition) is 1. The Labute approximate surface area is 99.2 Å². The van der Waals surface area contributed by atoms with Crippen LogP contribution < -0.4 is 5.32 Å². The SMILES string of the molecule is CNCC(C)C(C)N1CCSC(C)C1C. The Morgan fingerprint density at radius 3 is 2.67 bits per heavy atom. The summed E-state index contributed by atoms with van der Waals surface area (Å²) in [5.74, 6) is 2.02. The summed E-state index contributed by atoms with van der Waals surface area (Å²) in [6.07, 6.45) is 0. The maximum absolute atomic E-state index is 3.28. The molecule has 0 radical (unpaired) electrons. The maximum Gasteiger partial charge on any atom is 0.0187 e.